The fourth-order valence-corrected chi connectivity index (χ4v) is 2.14. The molecule has 1 aromatic carbocycles. The number of furan rings is 1. The molecule has 1 unspecified atom stereocenters. The van der Waals surface area contributed by atoms with Gasteiger partial charge in [-0.2, -0.15) is 0 Å². The SMILES string of the molecule is Cc1ccc(C(Cc2ccoc2)NN)cc1Br. The largest absolute Gasteiger partial charge is 0.472 e. The third-order valence-corrected chi connectivity index (χ3v) is 3.67. The lowest BCUT2D eigenvalue weighted by Crippen LogP contribution is -2.29. The van der Waals surface area contributed by atoms with E-state index in [1.807, 2.05) is 6.07 Å². The molecule has 0 aliphatic heterocycles. The van der Waals surface area contributed by atoms with Crippen LogP contribution in [0, 0.1) is 6.92 Å². The fraction of sp³-hybridized carbons (Fsp3) is 0.231. The van der Waals surface area contributed by atoms with Crippen LogP contribution in [0.2, 0.25) is 0 Å². The first-order valence-corrected chi connectivity index (χ1v) is 6.23. The minimum atomic E-state index is 0.0875. The van der Waals surface area contributed by atoms with Gasteiger partial charge in [0.05, 0.1) is 18.6 Å². The van der Waals surface area contributed by atoms with E-state index in [1.54, 1.807) is 12.5 Å². The third kappa shape index (κ3) is 2.97. The van der Waals surface area contributed by atoms with Gasteiger partial charge < -0.3 is 4.42 Å². The van der Waals surface area contributed by atoms with Gasteiger partial charge in [-0.05, 0) is 42.2 Å². The summed E-state index contributed by atoms with van der Waals surface area (Å²) in [6.45, 7) is 2.06. The van der Waals surface area contributed by atoms with Crippen molar-refractivity contribution in [2.75, 3.05) is 0 Å². The normalized spacial score (nSPS) is 12.6. The Morgan fingerprint density at radius 1 is 1.41 bits per heavy atom. The summed E-state index contributed by atoms with van der Waals surface area (Å²) >= 11 is 3.53. The van der Waals surface area contributed by atoms with Crippen LogP contribution in [0.4, 0.5) is 0 Å². The fourth-order valence-electron chi connectivity index (χ4n) is 1.74. The van der Waals surface area contributed by atoms with Gasteiger partial charge in [-0.1, -0.05) is 28.1 Å². The molecule has 90 valence electrons. The van der Waals surface area contributed by atoms with Crippen molar-refractivity contribution in [1.29, 1.82) is 0 Å². The Bertz CT molecular complexity index is 482. The van der Waals surface area contributed by atoms with Crippen molar-refractivity contribution >= 4 is 15.9 Å². The summed E-state index contributed by atoms with van der Waals surface area (Å²) in [6, 6.07) is 8.31. The van der Waals surface area contributed by atoms with Gasteiger partial charge in [0.1, 0.15) is 0 Å². The minimum absolute atomic E-state index is 0.0875. The highest BCUT2D eigenvalue weighted by Gasteiger charge is 2.12. The number of hydrogen-bond acceptors (Lipinski definition) is 3. The van der Waals surface area contributed by atoms with Gasteiger partial charge >= 0.3 is 0 Å². The second-order valence-electron chi connectivity index (χ2n) is 4.06. The molecule has 0 spiro atoms. The van der Waals surface area contributed by atoms with Crippen LogP contribution in [0.5, 0.6) is 0 Å². The van der Waals surface area contributed by atoms with E-state index < -0.39 is 0 Å². The number of halogens is 1. The van der Waals surface area contributed by atoms with Crippen LogP contribution in [-0.2, 0) is 6.42 Å². The Morgan fingerprint density at radius 3 is 2.82 bits per heavy atom. The van der Waals surface area contributed by atoms with Crippen molar-refractivity contribution in [1.82, 2.24) is 5.43 Å². The van der Waals surface area contributed by atoms with Gasteiger partial charge in [-0.15, -0.1) is 0 Å². The standard InChI is InChI=1S/C13H15BrN2O/c1-9-2-3-11(7-12(9)14)13(16-15)6-10-4-5-17-8-10/h2-5,7-8,13,16H,6,15H2,1H3. The summed E-state index contributed by atoms with van der Waals surface area (Å²) in [6.07, 6.45) is 4.23. The number of hydrazine groups is 1. The van der Waals surface area contributed by atoms with Crippen molar-refractivity contribution in [2.45, 2.75) is 19.4 Å². The monoisotopic (exact) mass is 294 g/mol. The molecule has 1 heterocycles. The molecule has 17 heavy (non-hydrogen) atoms. The number of hydrogen-bond donors (Lipinski definition) is 2. The average molecular weight is 295 g/mol. The van der Waals surface area contributed by atoms with Gasteiger partial charge in [0, 0.05) is 4.47 Å². The number of aryl methyl sites for hydroxylation is 1. The smallest absolute Gasteiger partial charge is 0.0935 e. The van der Waals surface area contributed by atoms with Crippen LogP contribution in [0.15, 0.2) is 45.7 Å². The van der Waals surface area contributed by atoms with Crippen molar-refractivity contribution in [3.05, 3.63) is 58.0 Å². The van der Waals surface area contributed by atoms with Crippen molar-refractivity contribution in [3.8, 4) is 0 Å². The van der Waals surface area contributed by atoms with Crippen LogP contribution < -0.4 is 11.3 Å². The van der Waals surface area contributed by atoms with E-state index in [0.717, 1.165) is 22.0 Å². The van der Waals surface area contributed by atoms with E-state index in [4.69, 9.17) is 10.3 Å². The first-order valence-electron chi connectivity index (χ1n) is 5.44. The van der Waals surface area contributed by atoms with Crippen LogP contribution in [0.3, 0.4) is 0 Å². The molecule has 0 radical (unpaired) electrons. The third-order valence-electron chi connectivity index (χ3n) is 2.82. The summed E-state index contributed by atoms with van der Waals surface area (Å²) < 4.78 is 6.16. The summed E-state index contributed by atoms with van der Waals surface area (Å²) in [5.41, 5.74) is 6.34. The molecule has 3 nitrogen and oxygen atoms in total. The van der Waals surface area contributed by atoms with E-state index in [-0.39, 0.29) is 6.04 Å². The Balaban J connectivity index is 2.20. The Morgan fingerprint density at radius 2 is 2.24 bits per heavy atom. The zero-order valence-electron chi connectivity index (χ0n) is 9.61. The maximum atomic E-state index is 5.61. The van der Waals surface area contributed by atoms with Crippen molar-refractivity contribution < 1.29 is 4.42 Å². The van der Waals surface area contributed by atoms with E-state index in [1.165, 1.54) is 5.56 Å². The molecular weight excluding hydrogens is 280 g/mol. The molecule has 0 aliphatic rings. The lowest BCUT2D eigenvalue weighted by atomic mass is 10.0. The van der Waals surface area contributed by atoms with Crippen LogP contribution >= 0.6 is 15.9 Å². The Kier molecular flexibility index (Phi) is 3.99. The molecule has 1 aromatic heterocycles. The second-order valence-corrected chi connectivity index (χ2v) is 4.92. The number of nitrogens with one attached hydrogen (secondary N) is 1. The molecule has 1 atom stereocenters. The first kappa shape index (κ1) is 12.4. The topological polar surface area (TPSA) is 51.2 Å². The minimum Gasteiger partial charge on any atom is -0.472 e. The number of rotatable bonds is 4. The molecule has 0 aliphatic carbocycles. The van der Waals surface area contributed by atoms with E-state index in [2.05, 4.69) is 46.5 Å². The Labute approximate surface area is 109 Å². The molecule has 0 bridgehead atoms. The average Bonchev–Trinajstić information content (AvgIpc) is 2.82. The molecule has 3 N–H and O–H groups in total. The highest BCUT2D eigenvalue weighted by Crippen LogP contribution is 2.24. The molecule has 0 fully saturated rings. The molecular formula is C13H15BrN2O. The van der Waals surface area contributed by atoms with Crippen molar-refractivity contribution in [2.24, 2.45) is 5.84 Å². The molecule has 0 saturated heterocycles. The van der Waals surface area contributed by atoms with E-state index >= 15 is 0 Å². The number of benzene rings is 1. The van der Waals surface area contributed by atoms with Crippen LogP contribution in [0.25, 0.3) is 0 Å². The van der Waals surface area contributed by atoms with Crippen LogP contribution in [0.1, 0.15) is 22.7 Å². The zero-order chi connectivity index (χ0) is 12.3. The van der Waals surface area contributed by atoms with Gasteiger partial charge in [0.25, 0.3) is 0 Å². The molecule has 0 amide bonds. The van der Waals surface area contributed by atoms with Gasteiger partial charge in [-0.3, -0.25) is 11.3 Å². The highest BCUT2D eigenvalue weighted by atomic mass is 79.9. The molecule has 2 rings (SSSR count). The summed E-state index contributed by atoms with van der Waals surface area (Å²) in [5, 5.41) is 0. The molecule has 0 saturated carbocycles. The summed E-state index contributed by atoms with van der Waals surface area (Å²) in [5.74, 6) is 5.61. The van der Waals surface area contributed by atoms with Crippen molar-refractivity contribution in [3.63, 3.8) is 0 Å². The lowest BCUT2D eigenvalue weighted by molar-refractivity contribution is 0.535. The quantitative estimate of drug-likeness (QED) is 0.673. The van der Waals surface area contributed by atoms with Gasteiger partial charge in [-0.25, -0.2) is 0 Å². The lowest BCUT2D eigenvalue weighted by Gasteiger charge is -2.16. The molecule has 2 aromatic rings. The van der Waals surface area contributed by atoms with Gasteiger partial charge in [0.2, 0.25) is 0 Å². The van der Waals surface area contributed by atoms with Crippen LogP contribution in [-0.4, -0.2) is 0 Å². The zero-order valence-corrected chi connectivity index (χ0v) is 11.2. The van der Waals surface area contributed by atoms with E-state index in [9.17, 15) is 0 Å². The summed E-state index contributed by atoms with van der Waals surface area (Å²) in [7, 11) is 0. The van der Waals surface area contributed by atoms with E-state index in [0.29, 0.717) is 0 Å². The highest BCUT2D eigenvalue weighted by molar-refractivity contribution is 9.10. The second kappa shape index (κ2) is 5.49. The maximum absolute atomic E-state index is 5.61. The summed E-state index contributed by atoms with van der Waals surface area (Å²) in [4.78, 5) is 0. The maximum Gasteiger partial charge on any atom is 0.0935 e. The molecule has 4 heteroatoms. The van der Waals surface area contributed by atoms with Gasteiger partial charge in [0.15, 0.2) is 0 Å². The Hall–Kier alpha value is -1.10. The predicted molar refractivity (Wildman–Crippen MR) is 71.4 cm³/mol. The first-order chi connectivity index (χ1) is 8.20. The number of nitrogens with two attached hydrogens (primary N) is 1. The predicted octanol–water partition coefficient (Wildman–Crippen LogP) is 3.10.